The molecule has 1 aromatic heterocycles. The summed E-state index contributed by atoms with van der Waals surface area (Å²) in [6, 6.07) is 8.77. The van der Waals surface area contributed by atoms with Crippen molar-refractivity contribution in [2.45, 2.75) is 13.0 Å². The molecule has 2 heterocycles. The Morgan fingerprint density at radius 1 is 1.16 bits per heavy atom. The molecular weight excluding hydrogens is 324 g/mol. The molecule has 1 aliphatic heterocycles. The zero-order valence-electron chi connectivity index (χ0n) is 13.7. The normalized spacial score (nSPS) is 13.8. The molecule has 25 heavy (non-hydrogen) atoms. The molecule has 1 N–H and O–H groups in total. The molecule has 0 saturated heterocycles. The Morgan fingerprint density at radius 2 is 2.00 bits per heavy atom. The Kier molecular flexibility index (Phi) is 3.67. The molecule has 128 valence electrons. The van der Waals surface area contributed by atoms with E-state index in [-0.39, 0.29) is 5.69 Å². The number of aryl methyl sites for hydroxylation is 1. The number of hydrogen-bond donors (Lipinski definition) is 1. The minimum atomic E-state index is -0.783. The molecule has 0 fully saturated rings. The summed E-state index contributed by atoms with van der Waals surface area (Å²) in [7, 11) is 2.01. The maximum absolute atomic E-state index is 13.8. The van der Waals surface area contributed by atoms with E-state index in [4.69, 9.17) is 0 Å². The van der Waals surface area contributed by atoms with E-state index in [0.29, 0.717) is 13.1 Å². The van der Waals surface area contributed by atoms with Gasteiger partial charge < -0.3 is 14.8 Å². The number of carbonyl (C=O) groups excluding carboxylic acids is 1. The molecule has 0 aliphatic carbocycles. The molecule has 6 heteroatoms. The molecule has 2 aromatic carbocycles. The number of benzene rings is 2. The third-order valence-corrected chi connectivity index (χ3v) is 4.65. The number of carbonyl (C=O) groups is 1. The number of urea groups is 1. The number of nitrogens with one attached hydrogen (secondary N) is 1. The Labute approximate surface area is 143 Å². The fourth-order valence-corrected chi connectivity index (χ4v) is 3.44. The highest BCUT2D eigenvalue weighted by Crippen LogP contribution is 2.29. The molecular formula is C19H17F2N3O. The van der Waals surface area contributed by atoms with Gasteiger partial charge in [-0.05, 0) is 35.7 Å². The molecule has 2 amide bonds. The molecule has 0 spiro atoms. The highest BCUT2D eigenvalue weighted by atomic mass is 19.1. The van der Waals surface area contributed by atoms with Gasteiger partial charge in [-0.25, -0.2) is 13.6 Å². The maximum Gasteiger partial charge on any atom is 0.322 e. The third kappa shape index (κ3) is 2.73. The van der Waals surface area contributed by atoms with Crippen LogP contribution >= 0.6 is 0 Å². The van der Waals surface area contributed by atoms with Crippen LogP contribution in [0.1, 0.15) is 11.1 Å². The van der Waals surface area contributed by atoms with Crippen LogP contribution in [0.5, 0.6) is 0 Å². The molecule has 3 aromatic rings. The first-order valence-corrected chi connectivity index (χ1v) is 8.10. The van der Waals surface area contributed by atoms with Gasteiger partial charge in [0.1, 0.15) is 11.6 Å². The number of nitrogens with zero attached hydrogens (tertiary/aromatic N) is 2. The number of rotatable bonds is 1. The summed E-state index contributed by atoms with van der Waals surface area (Å²) < 4.78 is 28.9. The number of aromatic nitrogens is 1. The largest absolute Gasteiger partial charge is 0.350 e. The van der Waals surface area contributed by atoms with Crippen molar-refractivity contribution in [2.75, 3.05) is 11.9 Å². The van der Waals surface area contributed by atoms with E-state index in [9.17, 15) is 13.6 Å². The summed E-state index contributed by atoms with van der Waals surface area (Å²) in [6.07, 6.45) is 2.82. The number of halogens is 2. The lowest BCUT2D eigenvalue weighted by Crippen LogP contribution is -2.35. The SMILES string of the molecule is Cn1cc2c3c(cccc31)CN(C(=O)Nc1ccc(F)cc1F)CC2. The van der Waals surface area contributed by atoms with Crippen LogP contribution in [-0.2, 0) is 20.0 Å². The first kappa shape index (κ1) is 15.6. The summed E-state index contributed by atoms with van der Waals surface area (Å²) >= 11 is 0. The van der Waals surface area contributed by atoms with Crippen molar-refractivity contribution in [3.05, 3.63) is 65.4 Å². The lowest BCUT2D eigenvalue weighted by Gasteiger charge is -2.22. The number of anilines is 1. The van der Waals surface area contributed by atoms with Crippen LogP contribution in [0.15, 0.2) is 42.6 Å². The standard InChI is InChI=1S/C19H17F2N3O/c1-23-10-13-7-8-24(11-12-3-2-4-17(23)18(12)13)19(25)22-16-6-5-14(20)9-15(16)21/h2-6,9-10H,7-8,11H2,1H3,(H,22,25). The van der Waals surface area contributed by atoms with Crippen LogP contribution < -0.4 is 5.32 Å². The van der Waals surface area contributed by atoms with Gasteiger partial charge in [0, 0.05) is 43.3 Å². The smallest absolute Gasteiger partial charge is 0.322 e. The average Bonchev–Trinajstić information content (AvgIpc) is 2.79. The quantitative estimate of drug-likeness (QED) is 0.712. The fraction of sp³-hybridized carbons (Fsp3) is 0.211. The van der Waals surface area contributed by atoms with Gasteiger partial charge in [0.25, 0.3) is 0 Å². The Bertz CT molecular complexity index is 980. The second kappa shape index (κ2) is 5.88. The van der Waals surface area contributed by atoms with Gasteiger partial charge in [0.2, 0.25) is 0 Å². The van der Waals surface area contributed by atoms with Crippen molar-refractivity contribution in [3.63, 3.8) is 0 Å². The predicted molar refractivity (Wildman–Crippen MR) is 92.4 cm³/mol. The van der Waals surface area contributed by atoms with Gasteiger partial charge in [-0.3, -0.25) is 0 Å². The Hall–Kier alpha value is -2.89. The summed E-state index contributed by atoms with van der Waals surface area (Å²) in [4.78, 5) is 14.2. The van der Waals surface area contributed by atoms with E-state index in [1.807, 2.05) is 19.2 Å². The van der Waals surface area contributed by atoms with Gasteiger partial charge in [0.15, 0.2) is 0 Å². The average molecular weight is 341 g/mol. The van der Waals surface area contributed by atoms with Crippen molar-refractivity contribution in [3.8, 4) is 0 Å². The Morgan fingerprint density at radius 3 is 2.80 bits per heavy atom. The van der Waals surface area contributed by atoms with Gasteiger partial charge in [-0.2, -0.15) is 0 Å². The van der Waals surface area contributed by atoms with Crippen LogP contribution in [0.25, 0.3) is 10.9 Å². The van der Waals surface area contributed by atoms with Gasteiger partial charge in [-0.1, -0.05) is 12.1 Å². The third-order valence-electron chi connectivity index (χ3n) is 4.65. The second-order valence-electron chi connectivity index (χ2n) is 6.30. The van der Waals surface area contributed by atoms with Crippen molar-refractivity contribution < 1.29 is 13.6 Å². The van der Waals surface area contributed by atoms with Crippen LogP contribution in [0.2, 0.25) is 0 Å². The van der Waals surface area contributed by atoms with Crippen LogP contribution in [0.4, 0.5) is 19.3 Å². The van der Waals surface area contributed by atoms with E-state index in [2.05, 4.69) is 22.1 Å². The molecule has 1 aliphatic rings. The molecule has 4 rings (SSSR count). The monoisotopic (exact) mass is 341 g/mol. The maximum atomic E-state index is 13.8. The van der Waals surface area contributed by atoms with Crippen LogP contribution in [-0.4, -0.2) is 22.0 Å². The van der Waals surface area contributed by atoms with E-state index in [1.54, 1.807) is 4.90 Å². The zero-order valence-corrected chi connectivity index (χ0v) is 13.7. The first-order chi connectivity index (χ1) is 12.0. The van der Waals surface area contributed by atoms with Crippen molar-refractivity contribution in [2.24, 2.45) is 7.05 Å². The minimum absolute atomic E-state index is 0.0211. The molecule has 4 nitrogen and oxygen atoms in total. The van der Waals surface area contributed by atoms with Crippen molar-refractivity contribution in [1.29, 1.82) is 0 Å². The molecule has 0 unspecified atom stereocenters. The Balaban J connectivity index is 1.60. The summed E-state index contributed by atoms with van der Waals surface area (Å²) in [6.45, 7) is 0.978. The lowest BCUT2D eigenvalue weighted by molar-refractivity contribution is 0.210. The highest BCUT2D eigenvalue weighted by molar-refractivity contribution is 5.92. The molecule has 0 bridgehead atoms. The van der Waals surface area contributed by atoms with Crippen molar-refractivity contribution in [1.82, 2.24) is 9.47 Å². The molecule has 0 saturated carbocycles. The second-order valence-corrected chi connectivity index (χ2v) is 6.30. The number of amides is 2. The van der Waals surface area contributed by atoms with Gasteiger partial charge >= 0.3 is 6.03 Å². The topological polar surface area (TPSA) is 37.3 Å². The molecule has 0 atom stereocenters. The lowest BCUT2D eigenvalue weighted by atomic mass is 10.1. The molecule has 0 radical (unpaired) electrons. The zero-order chi connectivity index (χ0) is 17.6. The van der Waals surface area contributed by atoms with Crippen molar-refractivity contribution >= 4 is 22.6 Å². The van der Waals surface area contributed by atoms with Gasteiger partial charge in [-0.15, -0.1) is 0 Å². The van der Waals surface area contributed by atoms with Crippen LogP contribution in [0, 0.1) is 11.6 Å². The minimum Gasteiger partial charge on any atom is -0.350 e. The first-order valence-electron chi connectivity index (χ1n) is 8.10. The summed E-state index contributed by atoms with van der Waals surface area (Å²) in [5.74, 6) is -1.46. The summed E-state index contributed by atoms with van der Waals surface area (Å²) in [5.41, 5.74) is 3.39. The van der Waals surface area contributed by atoms with Gasteiger partial charge in [0.05, 0.1) is 5.69 Å². The summed E-state index contributed by atoms with van der Waals surface area (Å²) in [5, 5.41) is 3.73. The van der Waals surface area contributed by atoms with Crippen LogP contribution in [0.3, 0.4) is 0 Å². The van der Waals surface area contributed by atoms with E-state index in [1.165, 1.54) is 17.0 Å². The number of hydrogen-bond acceptors (Lipinski definition) is 1. The fourth-order valence-electron chi connectivity index (χ4n) is 3.44. The van der Waals surface area contributed by atoms with E-state index >= 15 is 0 Å². The van der Waals surface area contributed by atoms with E-state index < -0.39 is 17.7 Å². The van der Waals surface area contributed by atoms with E-state index in [0.717, 1.165) is 29.6 Å². The predicted octanol–water partition coefficient (Wildman–Crippen LogP) is 4.05. The highest BCUT2D eigenvalue weighted by Gasteiger charge is 2.22.